The largest absolute Gasteiger partial charge is 0.493 e. The van der Waals surface area contributed by atoms with Crippen molar-refractivity contribution >= 4 is 11.8 Å². The number of hydrogen-bond acceptors (Lipinski definition) is 4. The van der Waals surface area contributed by atoms with Gasteiger partial charge in [-0.3, -0.25) is 9.59 Å². The van der Waals surface area contributed by atoms with Gasteiger partial charge in [-0.1, -0.05) is 18.2 Å². The molecule has 6 nitrogen and oxygen atoms in total. The lowest BCUT2D eigenvalue weighted by Crippen LogP contribution is -2.46. The third kappa shape index (κ3) is 4.27. The van der Waals surface area contributed by atoms with Gasteiger partial charge in [0.15, 0.2) is 11.5 Å². The van der Waals surface area contributed by atoms with E-state index in [9.17, 15) is 9.59 Å². The average molecular weight is 382 g/mol. The summed E-state index contributed by atoms with van der Waals surface area (Å²) >= 11 is 0. The number of ether oxygens (including phenoxy) is 2. The number of benzene rings is 2. The summed E-state index contributed by atoms with van der Waals surface area (Å²) in [6.45, 7) is 3.14. The molecule has 6 heteroatoms. The molecule has 2 aromatic carbocycles. The molecule has 28 heavy (non-hydrogen) atoms. The summed E-state index contributed by atoms with van der Waals surface area (Å²) in [4.78, 5) is 27.1. The number of nitrogens with one attached hydrogen (secondary N) is 1. The summed E-state index contributed by atoms with van der Waals surface area (Å²) in [7, 11) is 3.12. The number of piperidine rings is 1. The Kier molecular flexibility index (Phi) is 6.19. The van der Waals surface area contributed by atoms with Crippen LogP contribution in [0.5, 0.6) is 11.5 Å². The zero-order chi connectivity index (χ0) is 20.1. The highest BCUT2D eigenvalue weighted by atomic mass is 16.5. The first-order chi connectivity index (χ1) is 13.5. The molecule has 0 spiro atoms. The molecule has 1 fully saturated rings. The minimum Gasteiger partial charge on any atom is -0.493 e. The Bertz CT molecular complexity index is 857. The molecule has 148 valence electrons. The predicted octanol–water partition coefficient (Wildman–Crippen LogP) is 3.05. The molecule has 0 atom stereocenters. The van der Waals surface area contributed by atoms with E-state index in [1.165, 1.54) is 0 Å². The number of rotatable bonds is 5. The monoisotopic (exact) mass is 382 g/mol. The van der Waals surface area contributed by atoms with Crippen LogP contribution in [-0.4, -0.2) is 50.1 Å². The van der Waals surface area contributed by atoms with E-state index in [1.54, 1.807) is 32.4 Å². The Labute approximate surface area is 165 Å². The Morgan fingerprint density at radius 1 is 1.00 bits per heavy atom. The maximum atomic E-state index is 12.8. The van der Waals surface area contributed by atoms with E-state index in [0.29, 0.717) is 35.7 Å². The lowest BCUT2D eigenvalue weighted by molar-refractivity contribution is 0.0697. The van der Waals surface area contributed by atoms with Crippen molar-refractivity contribution in [3.63, 3.8) is 0 Å². The molecule has 1 heterocycles. The number of nitrogens with zero attached hydrogens (tertiary/aromatic N) is 1. The predicted molar refractivity (Wildman–Crippen MR) is 107 cm³/mol. The van der Waals surface area contributed by atoms with Gasteiger partial charge in [0.1, 0.15) is 0 Å². The van der Waals surface area contributed by atoms with Crippen LogP contribution >= 0.6 is 0 Å². The first kappa shape index (κ1) is 19.7. The zero-order valence-corrected chi connectivity index (χ0v) is 16.5. The maximum Gasteiger partial charge on any atom is 0.253 e. The van der Waals surface area contributed by atoms with Crippen molar-refractivity contribution < 1.29 is 19.1 Å². The van der Waals surface area contributed by atoms with E-state index in [4.69, 9.17) is 9.47 Å². The summed E-state index contributed by atoms with van der Waals surface area (Å²) in [5.74, 6) is 1.04. The summed E-state index contributed by atoms with van der Waals surface area (Å²) in [5.41, 5.74) is 2.23. The molecular formula is C22H26N2O4. The Hall–Kier alpha value is -3.02. The van der Waals surface area contributed by atoms with Gasteiger partial charge in [-0.2, -0.15) is 0 Å². The van der Waals surface area contributed by atoms with Gasteiger partial charge in [0, 0.05) is 30.3 Å². The van der Waals surface area contributed by atoms with E-state index in [2.05, 4.69) is 5.32 Å². The van der Waals surface area contributed by atoms with Crippen molar-refractivity contribution in [1.82, 2.24) is 10.2 Å². The standard InChI is InChI=1S/C22H26N2O4/c1-15-6-4-5-7-18(15)21(25)23-17-10-12-24(13-11-17)22(26)16-8-9-19(27-2)20(14-16)28-3/h4-9,14,17H,10-13H2,1-3H3,(H,23,25). The third-order valence-corrected chi connectivity index (χ3v) is 5.14. The van der Waals surface area contributed by atoms with Gasteiger partial charge in [-0.15, -0.1) is 0 Å². The van der Waals surface area contributed by atoms with E-state index >= 15 is 0 Å². The molecular weight excluding hydrogens is 356 g/mol. The number of amides is 2. The molecule has 0 saturated carbocycles. The van der Waals surface area contributed by atoms with Crippen LogP contribution in [0.3, 0.4) is 0 Å². The van der Waals surface area contributed by atoms with Gasteiger partial charge in [-0.05, 0) is 49.6 Å². The van der Waals surface area contributed by atoms with Crippen LogP contribution in [0.15, 0.2) is 42.5 Å². The van der Waals surface area contributed by atoms with Crippen LogP contribution in [-0.2, 0) is 0 Å². The van der Waals surface area contributed by atoms with Crippen LogP contribution in [0, 0.1) is 6.92 Å². The van der Waals surface area contributed by atoms with Gasteiger partial charge in [0.2, 0.25) is 0 Å². The van der Waals surface area contributed by atoms with Gasteiger partial charge >= 0.3 is 0 Å². The SMILES string of the molecule is COc1ccc(C(=O)N2CCC(NC(=O)c3ccccc3C)CC2)cc1OC. The molecule has 2 aromatic rings. The number of carbonyl (C=O) groups excluding carboxylic acids is 2. The third-order valence-electron chi connectivity index (χ3n) is 5.14. The molecule has 0 aromatic heterocycles. The second-order valence-electron chi connectivity index (χ2n) is 6.92. The minimum absolute atomic E-state index is 0.0374. The molecule has 1 aliphatic heterocycles. The molecule has 0 aliphatic carbocycles. The van der Waals surface area contributed by atoms with Gasteiger partial charge in [0.05, 0.1) is 14.2 Å². The summed E-state index contributed by atoms with van der Waals surface area (Å²) in [6, 6.07) is 12.8. The zero-order valence-electron chi connectivity index (χ0n) is 16.5. The Morgan fingerprint density at radius 2 is 1.68 bits per heavy atom. The normalized spacial score (nSPS) is 14.5. The van der Waals surface area contributed by atoms with Crippen molar-refractivity contribution in [1.29, 1.82) is 0 Å². The number of methoxy groups -OCH3 is 2. The molecule has 1 N–H and O–H groups in total. The summed E-state index contributed by atoms with van der Waals surface area (Å²) < 4.78 is 10.5. The smallest absolute Gasteiger partial charge is 0.253 e. The van der Waals surface area contributed by atoms with Crippen molar-refractivity contribution in [3.8, 4) is 11.5 Å². The van der Waals surface area contributed by atoms with Crippen molar-refractivity contribution in [2.75, 3.05) is 27.3 Å². The highest BCUT2D eigenvalue weighted by Crippen LogP contribution is 2.28. The van der Waals surface area contributed by atoms with Crippen molar-refractivity contribution in [3.05, 3.63) is 59.2 Å². The van der Waals surface area contributed by atoms with E-state index in [-0.39, 0.29) is 17.9 Å². The fourth-order valence-electron chi connectivity index (χ4n) is 3.47. The second-order valence-corrected chi connectivity index (χ2v) is 6.92. The molecule has 0 unspecified atom stereocenters. The van der Waals surface area contributed by atoms with E-state index < -0.39 is 0 Å². The van der Waals surface area contributed by atoms with Crippen LogP contribution in [0.2, 0.25) is 0 Å². The topological polar surface area (TPSA) is 67.9 Å². The van der Waals surface area contributed by atoms with E-state index in [0.717, 1.165) is 18.4 Å². The fraction of sp³-hybridized carbons (Fsp3) is 0.364. The van der Waals surface area contributed by atoms with Crippen LogP contribution in [0.1, 0.15) is 39.1 Å². The summed E-state index contributed by atoms with van der Waals surface area (Å²) in [5, 5.41) is 3.10. The minimum atomic E-state index is -0.0530. The average Bonchev–Trinajstić information content (AvgIpc) is 2.73. The van der Waals surface area contributed by atoms with Gasteiger partial charge in [-0.25, -0.2) is 0 Å². The van der Waals surface area contributed by atoms with Gasteiger partial charge < -0.3 is 19.7 Å². The first-order valence-corrected chi connectivity index (χ1v) is 9.41. The Morgan fingerprint density at radius 3 is 2.32 bits per heavy atom. The number of hydrogen-bond donors (Lipinski definition) is 1. The molecule has 0 radical (unpaired) electrons. The fourth-order valence-corrected chi connectivity index (χ4v) is 3.47. The summed E-state index contributed by atoms with van der Waals surface area (Å²) in [6.07, 6.45) is 1.47. The molecule has 1 saturated heterocycles. The van der Waals surface area contributed by atoms with Crippen molar-refractivity contribution in [2.45, 2.75) is 25.8 Å². The van der Waals surface area contributed by atoms with E-state index in [1.807, 2.05) is 36.1 Å². The van der Waals surface area contributed by atoms with Crippen molar-refractivity contribution in [2.24, 2.45) is 0 Å². The first-order valence-electron chi connectivity index (χ1n) is 9.41. The quantitative estimate of drug-likeness (QED) is 0.863. The van der Waals surface area contributed by atoms with Crippen LogP contribution < -0.4 is 14.8 Å². The Balaban J connectivity index is 1.58. The molecule has 1 aliphatic rings. The lowest BCUT2D eigenvalue weighted by atomic mass is 10.0. The lowest BCUT2D eigenvalue weighted by Gasteiger charge is -2.32. The number of aryl methyl sites for hydroxylation is 1. The highest BCUT2D eigenvalue weighted by molar-refractivity contribution is 5.96. The van der Waals surface area contributed by atoms with Crippen LogP contribution in [0.4, 0.5) is 0 Å². The number of carbonyl (C=O) groups is 2. The van der Waals surface area contributed by atoms with Crippen LogP contribution in [0.25, 0.3) is 0 Å². The highest BCUT2D eigenvalue weighted by Gasteiger charge is 2.25. The molecule has 3 rings (SSSR count). The van der Waals surface area contributed by atoms with Gasteiger partial charge in [0.25, 0.3) is 11.8 Å². The number of likely N-dealkylation sites (tertiary alicyclic amines) is 1. The maximum absolute atomic E-state index is 12.8. The molecule has 0 bridgehead atoms. The molecule has 2 amide bonds. The second kappa shape index (κ2) is 8.78.